The third-order valence-electron chi connectivity index (χ3n) is 5.33. The van der Waals surface area contributed by atoms with Crippen molar-refractivity contribution < 1.29 is 4.79 Å². The normalized spacial score (nSPS) is 15.8. The zero-order valence-corrected chi connectivity index (χ0v) is 16.6. The zero-order chi connectivity index (χ0) is 19.9. The minimum absolute atomic E-state index is 0.0291. The number of carbonyl (C=O) groups excluding carboxylic acids is 1. The molecule has 1 aliphatic rings. The molecular weight excluding hydrogens is 352 g/mol. The van der Waals surface area contributed by atoms with Gasteiger partial charge >= 0.3 is 0 Å². The van der Waals surface area contributed by atoms with Crippen molar-refractivity contribution in [2.45, 2.75) is 19.9 Å². The van der Waals surface area contributed by atoms with Gasteiger partial charge in [0.1, 0.15) is 5.69 Å². The molecule has 1 N–H and O–H groups in total. The summed E-state index contributed by atoms with van der Waals surface area (Å²) in [5, 5.41) is 6.48. The molecule has 1 atom stereocenters. The van der Waals surface area contributed by atoms with Crippen LogP contribution in [0.3, 0.4) is 0 Å². The number of carbonyl (C=O) groups is 1. The number of rotatable bonds is 7. The van der Waals surface area contributed by atoms with Crippen LogP contribution in [-0.4, -0.2) is 55.0 Å². The molecule has 1 fully saturated rings. The highest BCUT2D eigenvalue weighted by atomic mass is 16.3. The fourth-order valence-electron chi connectivity index (χ4n) is 3.81. The number of hydrogen-bond acceptors (Lipinski definition) is 5. The summed E-state index contributed by atoms with van der Waals surface area (Å²) >= 11 is 0. The SMILES string of the molecule is CCN(CC)C(=O)c1ccc([C@H](c2cccc(N=O)c2)N2CCNCC2)cc1. The summed E-state index contributed by atoms with van der Waals surface area (Å²) in [6, 6.07) is 15.4. The molecule has 3 rings (SSSR count). The molecule has 0 saturated carbocycles. The van der Waals surface area contributed by atoms with E-state index < -0.39 is 0 Å². The second kappa shape index (κ2) is 9.57. The highest BCUT2D eigenvalue weighted by Crippen LogP contribution is 2.31. The molecule has 1 saturated heterocycles. The van der Waals surface area contributed by atoms with Crippen molar-refractivity contribution in [2.75, 3.05) is 39.3 Å². The summed E-state index contributed by atoms with van der Waals surface area (Å²) in [5.74, 6) is 0.0578. The van der Waals surface area contributed by atoms with Gasteiger partial charge in [-0.1, -0.05) is 24.3 Å². The van der Waals surface area contributed by atoms with Crippen LogP contribution in [0.2, 0.25) is 0 Å². The lowest BCUT2D eigenvalue weighted by Crippen LogP contribution is -2.45. The Morgan fingerprint density at radius 2 is 1.75 bits per heavy atom. The van der Waals surface area contributed by atoms with Gasteiger partial charge in [0.05, 0.1) is 6.04 Å². The summed E-state index contributed by atoms with van der Waals surface area (Å²) in [6.45, 7) is 9.08. The van der Waals surface area contributed by atoms with Gasteiger partial charge in [-0.15, -0.1) is 4.91 Å². The van der Waals surface area contributed by atoms with Gasteiger partial charge in [-0.2, -0.15) is 0 Å². The van der Waals surface area contributed by atoms with Crippen molar-refractivity contribution in [3.8, 4) is 0 Å². The molecule has 2 aromatic carbocycles. The number of nitroso groups, excluding NO2 is 1. The summed E-state index contributed by atoms with van der Waals surface area (Å²) in [7, 11) is 0. The van der Waals surface area contributed by atoms with Crippen LogP contribution in [0.1, 0.15) is 41.4 Å². The molecule has 0 radical (unpaired) electrons. The maximum Gasteiger partial charge on any atom is 0.253 e. The topological polar surface area (TPSA) is 65.0 Å². The molecule has 28 heavy (non-hydrogen) atoms. The van der Waals surface area contributed by atoms with E-state index in [0.717, 1.165) is 37.3 Å². The first-order chi connectivity index (χ1) is 13.7. The number of amides is 1. The van der Waals surface area contributed by atoms with E-state index in [1.54, 1.807) is 6.07 Å². The first kappa shape index (κ1) is 20.2. The Morgan fingerprint density at radius 3 is 2.36 bits per heavy atom. The molecular formula is C22H28N4O2. The highest BCUT2D eigenvalue weighted by molar-refractivity contribution is 5.94. The molecule has 6 nitrogen and oxygen atoms in total. The van der Waals surface area contributed by atoms with Crippen LogP contribution in [0.25, 0.3) is 0 Å². The maximum atomic E-state index is 12.6. The molecule has 1 amide bonds. The minimum Gasteiger partial charge on any atom is -0.339 e. The van der Waals surface area contributed by atoms with E-state index in [0.29, 0.717) is 24.3 Å². The fourth-order valence-corrected chi connectivity index (χ4v) is 3.81. The smallest absolute Gasteiger partial charge is 0.253 e. The third kappa shape index (κ3) is 4.46. The first-order valence-electron chi connectivity index (χ1n) is 9.95. The molecule has 2 aromatic rings. The van der Waals surface area contributed by atoms with Gasteiger partial charge in [0.15, 0.2) is 0 Å². The van der Waals surface area contributed by atoms with Gasteiger partial charge in [0.2, 0.25) is 0 Å². The van der Waals surface area contributed by atoms with Crippen molar-refractivity contribution >= 4 is 11.6 Å². The molecule has 6 heteroatoms. The number of benzene rings is 2. The molecule has 0 aliphatic carbocycles. The number of nitrogens with one attached hydrogen (secondary N) is 1. The van der Waals surface area contributed by atoms with Crippen LogP contribution in [0.5, 0.6) is 0 Å². The van der Waals surface area contributed by atoms with Crippen LogP contribution in [0.4, 0.5) is 5.69 Å². The van der Waals surface area contributed by atoms with E-state index in [1.807, 2.05) is 61.2 Å². The lowest BCUT2D eigenvalue weighted by Gasteiger charge is -2.35. The van der Waals surface area contributed by atoms with Gasteiger partial charge in [-0.25, -0.2) is 0 Å². The average Bonchev–Trinajstić information content (AvgIpc) is 2.76. The molecule has 0 bridgehead atoms. The zero-order valence-electron chi connectivity index (χ0n) is 16.6. The van der Waals surface area contributed by atoms with Gasteiger partial charge < -0.3 is 10.2 Å². The Kier molecular flexibility index (Phi) is 6.90. The van der Waals surface area contributed by atoms with Gasteiger partial charge in [0, 0.05) is 44.8 Å². The van der Waals surface area contributed by atoms with Gasteiger partial charge in [0.25, 0.3) is 5.91 Å². The number of piperazine rings is 1. The van der Waals surface area contributed by atoms with E-state index in [4.69, 9.17) is 0 Å². The van der Waals surface area contributed by atoms with Gasteiger partial charge in [-0.05, 0) is 54.4 Å². The lowest BCUT2D eigenvalue weighted by atomic mass is 9.95. The van der Waals surface area contributed by atoms with E-state index >= 15 is 0 Å². The van der Waals surface area contributed by atoms with Crippen LogP contribution >= 0.6 is 0 Å². The predicted octanol–water partition coefficient (Wildman–Crippen LogP) is 3.56. The average molecular weight is 380 g/mol. The Labute approximate surface area is 166 Å². The largest absolute Gasteiger partial charge is 0.339 e. The van der Waals surface area contributed by atoms with Crippen molar-refractivity contribution in [2.24, 2.45) is 5.18 Å². The van der Waals surface area contributed by atoms with Gasteiger partial charge in [-0.3, -0.25) is 9.69 Å². The number of hydrogen-bond donors (Lipinski definition) is 1. The summed E-state index contributed by atoms with van der Waals surface area (Å²) < 4.78 is 0. The minimum atomic E-state index is 0.0291. The van der Waals surface area contributed by atoms with Crippen molar-refractivity contribution in [3.05, 3.63) is 70.1 Å². The molecule has 0 aromatic heterocycles. The summed E-state index contributed by atoms with van der Waals surface area (Å²) in [6.07, 6.45) is 0. The summed E-state index contributed by atoms with van der Waals surface area (Å²) in [5.41, 5.74) is 3.30. The van der Waals surface area contributed by atoms with Crippen molar-refractivity contribution in [3.63, 3.8) is 0 Å². The molecule has 148 valence electrons. The fraction of sp³-hybridized carbons (Fsp3) is 0.409. The first-order valence-corrected chi connectivity index (χ1v) is 9.95. The molecule has 0 spiro atoms. The van der Waals surface area contributed by atoms with E-state index in [-0.39, 0.29) is 11.9 Å². The predicted molar refractivity (Wildman–Crippen MR) is 112 cm³/mol. The second-order valence-corrected chi connectivity index (χ2v) is 6.97. The van der Waals surface area contributed by atoms with Crippen molar-refractivity contribution in [1.82, 2.24) is 15.1 Å². The highest BCUT2D eigenvalue weighted by Gasteiger charge is 2.24. The molecule has 1 heterocycles. The second-order valence-electron chi connectivity index (χ2n) is 6.97. The lowest BCUT2D eigenvalue weighted by molar-refractivity contribution is 0.0773. The standard InChI is InChI=1S/C22H28N4O2/c1-3-25(4-2)22(27)18-10-8-17(9-11-18)21(26-14-12-23-13-15-26)19-6-5-7-20(16-19)24-28/h5-11,16,21,23H,3-4,12-15H2,1-2H3/t21-/m1/s1. The van der Waals surface area contributed by atoms with Crippen molar-refractivity contribution in [1.29, 1.82) is 0 Å². The van der Waals surface area contributed by atoms with Crippen LogP contribution in [0, 0.1) is 4.91 Å². The molecule has 0 unspecified atom stereocenters. The third-order valence-corrected chi connectivity index (χ3v) is 5.33. The summed E-state index contributed by atoms with van der Waals surface area (Å²) in [4.78, 5) is 27.8. The Bertz CT molecular complexity index is 796. The van der Waals surface area contributed by atoms with Crippen LogP contribution in [0.15, 0.2) is 53.7 Å². The quantitative estimate of drug-likeness (QED) is 0.746. The van der Waals surface area contributed by atoms with E-state index in [9.17, 15) is 9.70 Å². The van der Waals surface area contributed by atoms with E-state index in [1.165, 1.54) is 0 Å². The Hall–Kier alpha value is -2.57. The Morgan fingerprint density at radius 1 is 1.07 bits per heavy atom. The molecule has 1 aliphatic heterocycles. The van der Waals surface area contributed by atoms with Crippen LogP contribution in [-0.2, 0) is 0 Å². The van der Waals surface area contributed by atoms with E-state index in [2.05, 4.69) is 15.4 Å². The maximum absolute atomic E-state index is 12.6. The Balaban J connectivity index is 1.93. The number of nitrogens with zero attached hydrogens (tertiary/aromatic N) is 3. The monoisotopic (exact) mass is 380 g/mol. The van der Waals surface area contributed by atoms with Crippen LogP contribution < -0.4 is 5.32 Å².